The molecule has 2 aliphatic heterocycles. The summed E-state index contributed by atoms with van der Waals surface area (Å²) in [7, 11) is 3.33. The van der Waals surface area contributed by atoms with Crippen molar-refractivity contribution in [2.45, 2.75) is 39.0 Å². The number of furan rings is 1. The van der Waals surface area contributed by atoms with Crippen LogP contribution in [0.15, 0.2) is 70.3 Å². The average Bonchev–Trinajstić information content (AvgIpc) is 3.58. The first-order chi connectivity index (χ1) is 18.8. The highest BCUT2D eigenvalue weighted by molar-refractivity contribution is 7.21. The summed E-state index contributed by atoms with van der Waals surface area (Å²) in [5, 5.41) is 0.845. The number of fused-ring (bicyclic) bond motifs is 5. The van der Waals surface area contributed by atoms with Gasteiger partial charge in [0.25, 0.3) is 0 Å². The fourth-order valence-corrected chi connectivity index (χ4v) is 7.23. The highest BCUT2D eigenvalue weighted by atomic mass is 32.1. The molecule has 7 heteroatoms. The first-order valence-corrected chi connectivity index (χ1v) is 14.1. The van der Waals surface area contributed by atoms with E-state index >= 15 is 0 Å². The number of allylic oxidation sites excluding steroid dienone is 3. The Balaban J connectivity index is 1.37. The average molecular weight is 539 g/mol. The molecule has 6 nitrogen and oxygen atoms in total. The van der Waals surface area contributed by atoms with Crippen molar-refractivity contribution in [1.82, 2.24) is 9.88 Å². The summed E-state index contributed by atoms with van der Waals surface area (Å²) < 4.78 is 18.9. The second kappa shape index (κ2) is 8.85. The Morgan fingerprint density at radius 3 is 2.64 bits per heavy atom. The van der Waals surface area contributed by atoms with Crippen LogP contribution < -0.4 is 9.47 Å². The number of carbonyl (C=O) groups excluding carboxylic acids is 1. The van der Waals surface area contributed by atoms with Crippen molar-refractivity contribution in [2.75, 3.05) is 20.8 Å². The number of methoxy groups -OCH3 is 2. The van der Waals surface area contributed by atoms with Crippen LogP contribution in [0, 0.1) is 5.41 Å². The van der Waals surface area contributed by atoms with E-state index in [4.69, 9.17) is 18.9 Å². The molecule has 1 atom stereocenters. The summed E-state index contributed by atoms with van der Waals surface area (Å²) in [4.78, 5) is 20.9. The predicted octanol–water partition coefficient (Wildman–Crippen LogP) is 7.21. The van der Waals surface area contributed by atoms with Gasteiger partial charge in [-0.25, -0.2) is 4.98 Å². The summed E-state index contributed by atoms with van der Waals surface area (Å²) in [6.45, 7) is 5.19. The number of nitrogens with zero attached hydrogens (tertiary/aromatic N) is 2. The van der Waals surface area contributed by atoms with Gasteiger partial charge in [-0.15, -0.1) is 11.3 Å². The fraction of sp³-hybridized carbons (Fsp3) is 0.312. The fourth-order valence-electron chi connectivity index (χ4n) is 6.30. The smallest absolute Gasteiger partial charge is 0.162 e. The first-order valence-electron chi connectivity index (χ1n) is 13.3. The molecule has 0 spiro atoms. The topological polar surface area (TPSA) is 64.8 Å². The van der Waals surface area contributed by atoms with Gasteiger partial charge < -0.3 is 18.8 Å². The minimum atomic E-state index is -0.267. The van der Waals surface area contributed by atoms with Crippen LogP contribution in [0.4, 0.5) is 0 Å². The van der Waals surface area contributed by atoms with Crippen LogP contribution in [0.2, 0.25) is 0 Å². The molecule has 39 heavy (non-hydrogen) atoms. The van der Waals surface area contributed by atoms with E-state index in [1.165, 1.54) is 5.56 Å². The van der Waals surface area contributed by atoms with E-state index in [-0.39, 0.29) is 17.1 Å². The standard InChI is InChI=1S/C32H30N2O4S/c1-32(2)16-23-30(24(35)17-32)20(25-9-10-26(38-25)31-33-21-7-5-6-8-29(21)39-31)14-22-19-15-28(37-4)27(36-3)13-18(19)11-12-34(22)23/h5-10,13-15,20H,11-12,16-17H2,1-4H3/t20-/m0/s1. The lowest BCUT2D eigenvalue weighted by molar-refractivity contribution is -0.118. The maximum absolute atomic E-state index is 13.7. The zero-order valence-corrected chi connectivity index (χ0v) is 23.4. The number of rotatable bonds is 4. The van der Waals surface area contributed by atoms with Gasteiger partial charge >= 0.3 is 0 Å². The number of benzene rings is 2. The highest BCUT2D eigenvalue weighted by Crippen LogP contribution is 2.51. The minimum Gasteiger partial charge on any atom is -0.493 e. The van der Waals surface area contributed by atoms with Crippen LogP contribution in [-0.2, 0) is 11.2 Å². The number of hydrogen-bond acceptors (Lipinski definition) is 7. The largest absolute Gasteiger partial charge is 0.493 e. The zero-order chi connectivity index (χ0) is 26.9. The minimum absolute atomic E-state index is 0.101. The van der Waals surface area contributed by atoms with Crippen LogP contribution in [0.3, 0.4) is 0 Å². The maximum atomic E-state index is 13.7. The van der Waals surface area contributed by atoms with Crippen molar-refractivity contribution in [3.63, 3.8) is 0 Å². The second-order valence-electron chi connectivity index (χ2n) is 11.3. The lowest BCUT2D eigenvalue weighted by Gasteiger charge is -2.45. The van der Waals surface area contributed by atoms with Crippen LogP contribution in [0.25, 0.3) is 26.7 Å². The Kier molecular flexibility index (Phi) is 5.49. The molecule has 2 aromatic carbocycles. The van der Waals surface area contributed by atoms with E-state index in [0.717, 1.165) is 74.4 Å². The third-order valence-corrected chi connectivity index (χ3v) is 9.13. The normalized spacial score (nSPS) is 19.9. The molecule has 198 valence electrons. The Bertz CT molecular complexity index is 1670. The van der Waals surface area contributed by atoms with Gasteiger partial charge in [-0.1, -0.05) is 26.0 Å². The van der Waals surface area contributed by atoms with Crippen molar-refractivity contribution < 1.29 is 18.7 Å². The van der Waals surface area contributed by atoms with Gasteiger partial charge in [-0.05, 0) is 66.3 Å². The summed E-state index contributed by atoms with van der Waals surface area (Å²) in [6, 6.07) is 16.3. The molecule has 0 N–H and O–H groups in total. The molecule has 0 saturated heterocycles. The lowest BCUT2D eigenvalue weighted by Crippen LogP contribution is -2.40. The summed E-state index contributed by atoms with van der Waals surface area (Å²) in [5.41, 5.74) is 6.28. The van der Waals surface area contributed by atoms with Crippen molar-refractivity contribution in [2.24, 2.45) is 5.41 Å². The molecular weight excluding hydrogens is 508 g/mol. The van der Waals surface area contributed by atoms with Crippen molar-refractivity contribution in [1.29, 1.82) is 0 Å². The molecule has 3 aliphatic rings. The van der Waals surface area contributed by atoms with Gasteiger partial charge in [0.15, 0.2) is 28.1 Å². The van der Waals surface area contributed by atoms with Crippen LogP contribution >= 0.6 is 11.3 Å². The first kappa shape index (κ1) is 24.2. The van der Waals surface area contributed by atoms with Gasteiger partial charge in [0.1, 0.15) is 5.76 Å². The number of hydrogen-bond donors (Lipinski definition) is 0. The molecule has 7 rings (SSSR count). The summed E-state index contributed by atoms with van der Waals surface area (Å²) >= 11 is 1.62. The number of Topliss-reactive ketones (excluding diaryl/α,β-unsaturated/α-hetero) is 1. The molecule has 4 aromatic rings. The zero-order valence-electron chi connectivity index (χ0n) is 22.5. The molecule has 4 heterocycles. The van der Waals surface area contributed by atoms with Crippen molar-refractivity contribution in [3.05, 3.63) is 82.8 Å². The van der Waals surface area contributed by atoms with Gasteiger partial charge in [-0.2, -0.15) is 0 Å². The third-order valence-electron chi connectivity index (χ3n) is 8.08. The molecule has 0 radical (unpaired) electrons. The number of aromatic nitrogens is 1. The van der Waals surface area contributed by atoms with Crippen LogP contribution in [-0.4, -0.2) is 36.4 Å². The lowest BCUT2D eigenvalue weighted by atomic mass is 9.70. The van der Waals surface area contributed by atoms with Gasteiger partial charge in [0.05, 0.1) is 30.4 Å². The molecule has 0 fully saturated rings. The quantitative estimate of drug-likeness (QED) is 0.273. The number of para-hydroxylation sites is 1. The van der Waals surface area contributed by atoms with E-state index in [1.54, 1.807) is 25.6 Å². The summed E-state index contributed by atoms with van der Waals surface area (Å²) in [6.07, 6.45) is 4.45. The van der Waals surface area contributed by atoms with Gasteiger partial charge in [0.2, 0.25) is 0 Å². The Labute approximate surface area is 231 Å². The van der Waals surface area contributed by atoms with E-state index in [0.29, 0.717) is 12.2 Å². The second-order valence-corrected chi connectivity index (χ2v) is 12.3. The van der Waals surface area contributed by atoms with Gasteiger partial charge in [-0.3, -0.25) is 4.79 Å². The van der Waals surface area contributed by atoms with Gasteiger partial charge in [0, 0.05) is 35.5 Å². The molecule has 0 amide bonds. The van der Waals surface area contributed by atoms with E-state index < -0.39 is 0 Å². The molecule has 0 unspecified atom stereocenters. The molecule has 0 saturated carbocycles. The summed E-state index contributed by atoms with van der Waals surface area (Å²) in [5.74, 6) is 2.87. The Morgan fingerprint density at radius 2 is 1.85 bits per heavy atom. The molecular formula is C32H30N2O4S. The third kappa shape index (κ3) is 3.90. The number of carbonyl (C=O) groups is 1. The van der Waals surface area contributed by atoms with Crippen molar-refractivity contribution in [3.8, 4) is 22.3 Å². The molecule has 2 aromatic heterocycles. The number of ketones is 1. The Hall–Kier alpha value is -3.84. The number of ether oxygens (including phenoxy) is 2. The van der Waals surface area contributed by atoms with E-state index in [1.807, 2.05) is 30.3 Å². The van der Waals surface area contributed by atoms with Crippen molar-refractivity contribution >= 4 is 33.0 Å². The monoisotopic (exact) mass is 538 g/mol. The SMILES string of the molecule is COc1cc2c(cc1OC)C1=C[C@@H](c3ccc(-c4nc5ccccc5s4)o3)C3=C(CC(C)(C)CC3=O)N1CC2. The van der Waals surface area contributed by atoms with E-state index in [2.05, 4.69) is 43.0 Å². The molecule has 0 bridgehead atoms. The maximum Gasteiger partial charge on any atom is 0.162 e. The molecule has 1 aliphatic carbocycles. The predicted molar refractivity (Wildman–Crippen MR) is 153 cm³/mol. The Morgan fingerprint density at radius 1 is 1.05 bits per heavy atom. The van der Waals surface area contributed by atoms with Crippen LogP contribution in [0.5, 0.6) is 11.5 Å². The number of thiazole rings is 1. The van der Waals surface area contributed by atoms with Crippen LogP contribution in [0.1, 0.15) is 49.5 Å². The highest BCUT2D eigenvalue weighted by Gasteiger charge is 2.43. The van der Waals surface area contributed by atoms with E-state index in [9.17, 15) is 4.79 Å².